The second-order valence-electron chi connectivity index (χ2n) is 6.73. The van der Waals surface area contributed by atoms with Gasteiger partial charge in [0.15, 0.2) is 5.82 Å². The maximum atomic E-state index is 12.7. The minimum atomic E-state index is -3.66. The van der Waals surface area contributed by atoms with E-state index in [0.29, 0.717) is 12.4 Å². The molecule has 1 aliphatic heterocycles. The van der Waals surface area contributed by atoms with Crippen LogP contribution >= 0.6 is 0 Å². The van der Waals surface area contributed by atoms with E-state index in [9.17, 15) is 8.42 Å². The smallest absolute Gasteiger partial charge is 0.244 e. The number of nitrogens with zero attached hydrogens (tertiary/aromatic N) is 2. The molecular formula is C18H21N3O3S. The monoisotopic (exact) mass is 359 g/mol. The summed E-state index contributed by atoms with van der Waals surface area (Å²) in [6, 6.07) is 9.48. The average Bonchev–Trinajstić information content (AvgIpc) is 3.43. The Morgan fingerprint density at radius 1 is 1.08 bits per heavy atom. The lowest BCUT2D eigenvalue weighted by Gasteiger charge is -2.31. The molecule has 4 rings (SSSR count). The van der Waals surface area contributed by atoms with Crippen molar-refractivity contribution in [1.29, 1.82) is 0 Å². The molecule has 1 atom stereocenters. The second kappa shape index (κ2) is 6.48. The van der Waals surface area contributed by atoms with Gasteiger partial charge in [0.25, 0.3) is 0 Å². The summed E-state index contributed by atoms with van der Waals surface area (Å²) in [5.74, 6) is 0.510. The Labute approximate surface area is 147 Å². The normalized spacial score (nSPS) is 22.5. The van der Waals surface area contributed by atoms with Crippen molar-refractivity contribution < 1.29 is 13.2 Å². The van der Waals surface area contributed by atoms with Crippen molar-refractivity contribution in [3.63, 3.8) is 0 Å². The lowest BCUT2D eigenvalue weighted by molar-refractivity contribution is -0.00974. The van der Waals surface area contributed by atoms with E-state index in [1.165, 1.54) is 12.4 Å². The van der Waals surface area contributed by atoms with E-state index in [1.54, 1.807) is 0 Å². The highest BCUT2D eigenvalue weighted by atomic mass is 32.2. The van der Waals surface area contributed by atoms with Crippen LogP contribution in [0.2, 0.25) is 0 Å². The zero-order chi connectivity index (χ0) is 17.3. The van der Waals surface area contributed by atoms with Gasteiger partial charge in [-0.15, -0.1) is 0 Å². The maximum Gasteiger partial charge on any atom is 0.244 e. The van der Waals surface area contributed by atoms with E-state index in [4.69, 9.17) is 4.74 Å². The molecule has 1 aliphatic carbocycles. The molecule has 132 valence electrons. The minimum absolute atomic E-state index is 0.0273. The molecule has 2 aliphatic rings. The summed E-state index contributed by atoms with van der Waals surface area (Å²) in [5.41, 5.74) is 0.408. The van der Waals surface area contributed by atoms with Gasteiger partial charge in [0.2, 0.25) is 10.0 Å². The summed E-state index contributed by atoms with van der Waals surface area (Å²) in [6.45, 7) is 0.711. The number of aromatic nitrogens is 2. The van der Waals surface area contributed by atoms with Gasteiger partial charge in [-0.2, -0.15) is 0 Å². The molecule has 2 heterocycles. The number of nitrogens with one attached hydrogen (secondary N) is 1. The summed E-state index contributed by atoms with van der Waals surface area (Å²) in [4.78, 5) is 8.53. The molecule has 2 fully saturated rings. The first-order valence-corrected chi connectivity index (χ1v) is 10.1. The van der Waals surface area contributed by atoms with E-state index in [1.807, 2.05) is 30.3 Å². The quantitative estimate of drug-likeness (QED) is 0.887. The van der Waals surface area contributed by atoms with Gasteiger partial charge >= 0.3 is 0 Å². The van der Waals surface area contributed by atoms with Crippen LogP contribution in [-0.2, 0) is 14.8 Å². The van der Waals surface area contributed by atoms with Crippen LogP contribution in [0.1, 0.15) is 32.1 Å². The molecule has 6 nitrogen and oxygen atoms in total. The van der Waals surface area contributed by atoms with Crippen LogP contribution in [0.15, 0.2) is 47.6 Å². The van der Waals surface area contributed by atoms with Crippen molar-refractivity contribution in [3.8, 4) is 11.4 Å². The first-order chi connectivity index (χ1) is 12.1. The van der Waals surface area contributed by atoms with Gasteiger partial charge in [-0.1, -0.05) is 30.3 Å². The van der Waals surface area contributed by atoms with Gasteiger partial charge in [-0.05, 0) is 32.1 Å². The molecule has 2 aromatic rings. The molecule has 0 radical (unpaired) electrons. The zero-order valence-electron chi connectivity index (χ0n) is 13.9. The average molecular weight is 359 g/mol. The van der Waals surface area contributed by atoms with E-state index in [0.717, 1.165) is 37.7 Å². The van der Waals surface area contributed by atoms with Gasteiger partial charge in [0, 0.05) is 12.2 Å². The van der Waals surface area contributed by atoms with E-state index in [-0.39, 0.29) is 11.0 Å². The molecule has 0 amide bonds. The van der Waals surface area contributed by atoms with Gasteiger partial charge in [-0.25, -0.2) is 23.1 Å². The summed E-state index contributed by atoms with van der Waals surface area (Å²) < 4.78 is 34.1. The van der Waals surface area contributed by atoms with Crippen molar-refractivity contribution in [2.45, 2.75) is 48.6 Å². The van der Waals surface area contributed by atoms with Crippen LogP contribution in [-0.4, -0.2) is 36.6 Å². The summed E-state index contributed by atoms with van der Waals surface area (Å²) in [5, 5.41) is 0. The Bertz CT molecular complexity index is 828. The Morgan fingerprint density at radius 3 is 2.40 bits per heavy atom. The second-order valence-corrected chi connectivity index (χ2v) is 8.41. The fraction of sp³-hybridized carbons (Fsp3) is 0.444. The molecule has 1 N–H and O–H groups in total. The van der Waals surface area contributed by atoms with E-state index in [2.05, 4.69) is 14.7 Å². The number of hydrogen-bond acceptors (Lipinski definition) is 5. The van der Waals surface area contributed by atoms with E-state index < -0.39 is 15.6 Å². The Kier molecular flexibility index (Phi) is 4.31. The third-order valence-corrected chi connectivity index (χ3v) is 6.40. The summed E-state index contributed by atoms with van der Waals surface area (Å²) in [6.07, 6.45) is 7.40. The molecule has 1 aromatic carbocycles. The first kappa shape index (κ1) is 16.6. The highest BCUT2D eigenvalue weighted by Gasteiger charge is 2.53. The standard InChI is InChI=1S/C18H21N3O3S/c22-25(23,21-18(9-10-18)16-8-4-5-11-24-16)15-12-19-17(20-13-15)14-6-2-1-3-7-14/h1-3,6-7,12-13,16,21H,4-5,8-11H2. The van der Waals surface area contributed by atoms with Gasteiger partial charge < -0.3 is 4.74 Å². The lowest BCUT2D eigenvalue weighted by atomic mass is 10.0. The van der Waals surface area contributed by atoms with E-state index >= 15 is 0 Å². The Balaban J connectivity index is 1.52. The van der Waals surface area contributed by atoms with Gasteiger partial charge in [0.05, 0.1) is 24.0 Å². The van der Waals surface area contributed by atoms with Crippen molar-refractivity contribution >= 4 is 10.0 Å². The van der Waals surface area contributed by atoms with Crippen molar-refractivity contribution in [2.24, 2.45) is 0 Å². The Morgan fingerprint density at radius 2 is 1.80 bits per heavy atom. The SMILES string of the molecule is O=S(=O)(NC1(C2CCCCO2)CC1)c1cnc(-c2ccccc2)nc1. The molecular weight excluding hydrogens is 338 g/mol. The van der Waals surface area contributed by atoms with Crippen LogP contribution in [0.3, 0.4) is 0 Å². The van der Waals surface area contributed by atoms with Crippen molar-refractivity contribution in [2.75, 3.05) is 6.61 Å². The molecule has 25 heavy (non-hydrogen) atoms. The number of sulfonamides is 1. The van der Waals surface area contributed by atoms with Crippen molar-refractivity contribution in [1.82, 2.24) is 14.7 Å². The van der Waals surface area contributed by atoms with Gasteiger partial charge in [0.1, 0.15) is 4.90 Å². The van der Waals surface area contributed by atoms with Crippen molar-refractivity contribution in [3.05, 3.63) is 42.7 Å². The number of ether oxygens (including phenoxy) is 1. The van der Waals surface area contributed by atoms with Crippen LogP contribution in [0.5, 0.6) is 0 Å². The third-order valence-electron chi connectivity index (χ3n) is 4.89. The van der Waals surface area contributed by atoms with Gasteiger partial charge in [-0.3, -0.25) is 0 Å². The lowest BCUT2D eigenvalue weighted by Crippen LogP contribution is -2.48. The molecule has 1 saturated heterocycles. The molecule has 1 unspecified atom stereocenters. The minimum Gasteiger partial charge on any atom is -0.376 e. The van der Waals surface area contributed by atoms with Crippen LogP contribution in [0.4, 0.5) is 0 Å². The van der Waals surface area contributed by atoms with Crippen LogP contribution in [0, 0.1) is 0 Å². The third kappa shape index (κ3) is 3.44. The largest absolute Gasteiger partial charge is 0.376 e. The number of benzene rings is 1. The first-order valence-electron chi connectivity index (χ1n) is 8.62. The number of hydrogen-bond donors (Lipinski definition) is 1. The molecule has 1 saturated carbocycles. The zero-order valence-corrected chi connectivity index (χ0v) is 14.7. The molecule has 0 spiro atoms. The topological polar surface area (TPSA) is 81.2 Å². The molecule has 7 heteroatoms. The summed E-state index contributed by atoms with van der Waals surface area (Å²) in [7, 11) is -3.66. The van der Waals surface area contributed by atoms with Crippen LogP contribution < -0.4 is 4.72 Å². The molecule has 1 aromatic heterocycles. The summed E-state index contributed by atoms with van der Waals surface area (Å²) >= 11 is 0. The fourth-order valence-corrected chi connectivity index (χ4v) is 4.69. The highest BCUT2D eigenvalue weighted by molar-refractivity contribution is 7.89. The maximum absolute atomic E-state index is 12.7. The van der Waals surface area contributed by atoms with Crippen LogP contribution in [0.25, 0.3) is 11.4 Å². The number of rotatable bonds is 5. The predicted molar refractivity (Wildman–Crippen MR) is 93.3 cm³/mol. The fourth-order valence-electron chi connectivity index (χ4n) is 3.32. The predicted octanol–water partition coefficient (Wildman–Crippen LogP) is 2.52. The Hall–Kier alpha value is -1.83. The highest BCUT2D eigenvalue weighted by Crippen LogP contribution is 2.44. The molecule has 0 bridgehead atoms.